The third kappa shape index (κ3) is 28.0. The van der Waals surface area contributed by atoms with E-state index in [1.165, 1.54) is 186 Å². The summed E-state index contributed by atoms with van der Waals surface area (Å²) in [5, 5.41) is 0. The summed E-state index contributed by atoms with van der Waals surface area (Å²) < 4.78 is 0. The first-order valence-corrected chi connectivity index (χ1v) is 23.1. The largest absolute Gasteiger partial charge is 0.338 e. The van der Waals surface area contributed by atoms with E-state index in [4.69, 9.17) is 0 Å². The third-order valence-electron chi connectivity index (χ3n) is 11.3. The highest BCUT2D eigenvalue weighted by molar-refractivity contribution is 5.80. The first-order chi connectivity index (χ1) is 25.0. The second-order valence-corrected chi connectivity index (χ2v) is 16.2. The summed E-state index contributed by atoms with van der Waals surface area (Å²) >= 11 is 0. The summed E-state index contributed by atoms with van der Waals surface area (Å²) in [6.45, 7) is 17.1. The number of carbonyl (C=O) groups excluding carboxylic acids is 2. The van der Waals surface area contributed by atoms with E-state index in [0.717, 1.165) is 26.2 Å². The van der Waals surface area contributed by atoms with Gasteiger partial charge in [0.2, 0.25) is 11.8 Å². The fourth-order valence-electron chi connectivity index (χ4n) is 7.67. The first-order valence-electron chi connectivity index (χ1n) is 23.1. The lowest BCUT2D eigenvalue weighted by atomic mass is 10.1. The monoisotopic (exact) mass is 719 g/mol. The minimum absolute atomic E-state index is 0.267. The highest BCUT2D eigenvalue weighted by Gasteiger charge is 2.26. The van der Waals surface area contributed by atoms with Crippen molar-refractivity contribution in [3.05, 3.63) is 0 Å². The van der Waals surface area contributed by atoms with Gasteiger partial charge in [0, 0.05) is 26.2 Å². The second-order valence-electron chi connectivity index (χ2n) is 16.2. The van der Waals surface area contributed by atoms with Crippen LogP contribution in [0.25, 0.3) is 0 Å². The molecule has 0 aromatic rings. The zero-order valence-corrected chi connectivity index (χ0v) is 35.2. The molecule has 0 atom stereocenters. The van der Waals surface area contributed by atoms with Gasteiger partial charge in [0.05, 0.1) is 13.1 Å². The van der Waals surface area contributed by atoms with Gasteiger partial charge in [-0.25, -0.2) is 0 Å². The molecule has 0 aliphatic carbocycles. The molecule has 2 amide bonds. The molecule has 0 aromatic heterocycles. The molecule has 1 saturated heterocycles. The van der Waals surface area contributed by atoms with Crippen LogP contribution in [0, 0.1) is 0 Å². The molecule has 6 nitrogen and oxygen atoms in total. The van der Waals surface area contributed by atoms with Crippen LogP contribution in [0.4, 0.5) is 0 Å². The van der Waals surface area contributed by atoms with Gasteiger partial charge in [0.25, 0.3) is 0 Å². The maximum absolute atomic E-state index is 13.5. The Bertz CT molecular complexity index is 751. The molecule has 1 fully saturated rings. The van der Waals surface area contributed by atoms with E-state index >= 15 is 0 Å². The van der Waals surface area contributed by atoms with Crippen molar-refractivity contribution >= 4 is 11.8 Å². The van der Waals surface area contributed by atoms with Crippen molar-refractivity contribution in [2.45, 2.75) is 214 Å². The molecule has 302 valence electrons. The van der Waals surface area contributed by atoms with E-state index in [0.29, 0.717) is 39.3 Å². The molecule has 1 aliphatic rings. The summed E-state index contributed by atoms with van der Waals surface area (Å²) in [6.07, 6.45) is 38.1. The Morgan fingerprint density at radius 1 is 0.333 bits per heavy atom. The molecular formula is C45H90N4O2. The Hall–Kier alpha value is -1.14. The van der Waals surface area contributed by atoms with Gasteiger partial charge in [-0.3, -0.25) is 19.4 Å². The molecule has 0 saturated carbocycles. The maximum Gasteiger partial charge on any atom is 0.236 e. The maximum atomic E-state index is 13.5. The highest BCUT2D eigenvalue weighted by Crippen LogP contribution is 2.14. The van der Waals surface area contributed by atoms with E-state index < -0.39 is 0 Å². The summed E-state index contributed by atoms with van der Waals surface area (Å²) in [5.41, 5.74) is 0. The van der Waals surface area contributed by atoms with Crippen LogP contribution in [0.15, 0.2) is 0 Å². The predicted octanol–water partition coefficient (Wildman–Crippen LogP) is 11.7. The molecule has 0 bridgehead atoms. The average molecular weight is 719 g/mol. The van der Waals surface area contributed by atoms with Crippen LogP contribution in [0.3, 0.4) is 0 Å². The van der Waals surface area contributed by atoms with Gasteiger partial charge in [-0.05, 0) is 51.9 Å². The van der Waals surface area contributed by atoms with E-state index in [2.05, 4.69) is 37.5 Å². The number of amides is 2. The van der Waals surface area contributed by atoms with Crippen molar-refractivity contribution in [2.24, 2.45) is 0 Å². The molecule has 0 aromatic carbocycles. The Morgan fingerprint density at radius 3 is 0.745 bits per heavy atom. The summed E-state index contributed by atoms with van der Waals surface area (Å²) in [4.78, 5) is 36.1. The molecule has 6 heteroatoms. The van der Waals surface area contributed by atoms with Crippen LogP contribution in [-0.2, 0) is 9.59 Å². The topological polar surface area (TPSA) is 47.1 Å². The van der Waals surface area contributed by atoms with Crippen LogP contribution in [0.5, 0.6) is 0 Å². The number of hydrogen-bond acceptors (Lipinski definition) is 4. The second kappa shape index (κ2) is 35.9. The number of unbranched alkanes of at least 4 members (excludes halogenated alkanes) is 25. The molecule has 0 radical (unpaired) electrons. The first kappa shape index (κ1) is 47.9. The molecular weight excluding hydrogens is 629 g/mol. The summed E-state index contributed by atoms with van der Waals surface area (Å²) in [6, 6.07) is 0. The Labute approximate surface area is 319 Å². The number of carbonyl (C=O) groups is 2. The van der Waals surface area contributed by atoms with Gasteiger partial charge >= 0.3 is 0 Å². The van der Waals surface area contributed by atoms with Gasteiger partial charge in [0.1, 0.15) is 0 Å². The van der Waals surface area contributed by atoms with Crippen molar-refractivity contribution < 1.29 is 9.59 Å². The number of hydrogen-bond donors (Lipinski definition) is 0. The molecule has 0 spiro atoms. The molecule has 1 aliphatic heterocycles. The van der Waals surface area contributed by atoms with Crippen molar-refractivity contribution in [1.82, 2.24) is 19.6 Å². The predicted molar refractivity (Wildman–Crippen MR) is 223 cm³/mol. The smallest absolute Gasteiger partial charge is 0.236 e. The lowest BCUT2D eigenvalue weighted by Gasteiger charge is -2.37. The molecule has 0 N–H and O–H groups in total. The summed E-state index contributed by atoms with van der Waals surface area (Å²) in [7, 11) is 0. The molecule has 0 unspecified atom stereocenters. The van der Waals surface area contributed by atoms with E-state index in [1.54, 1.807) is 0 Å². The number of piperazine rings is 1. The van der Waals surface area contributed by atoms with Crippen molar-refractivity contribution in [3.63, 3.8) is 0 Å². The Balaban J connectivity index is 2.53. The van der Waals surface area contributed by atoms with Gasteiger partial charge in [-0.2, -0.15) is 0 Å². The fourth-order valence-corrected chi connectivity index (χ4v) is 7.67. The van der Waals surface area contributed by atoms with E-state index in [1.807, 2.05) is 9.80 Å². The van der Waals surface area contributed by atoms with Crippen LogP contribution in [-0.4, -0.2) is 96.9 Å². The Kier molecular flexibility index (Phi) is 33.7. The minimum atomic E-state index is 0.267. The molecule has 51 heavy (non-hydrogen) atoms. The molecule has 1 heterocycles. The highest BCUT2D eigenvalue weighted by atomic mass is 16.2. The fraction of sp³-hybridized carbons (Fsp3) is 0.956. The van der Waals surface area contributed by atoms with Gasteiger partial charge in [0.15, 0.2) is 0 Å². The van der Waals surface area contributed by atoms with Crippen LogP contribution >= 0.6 is 0 Å². The zero-order valence-electron chi connectivity index (χ0n) is 35.2. The van der Waals surface area contributed by atoms with Crippen LogP contribution < -0.4 is 0 Å². The standard InChI is InChI=1S/C45H90N4O2/c1-5-9-13-17-21-25-29-33-37-47(36-32-28-24-20-16-12-8-4)43-45(51)49-40-38-48(39-41-49)44(50)42-46(34-30-26-22-18-14-10-6-2)35-31-27-23-19-15-11-7-3/h5-43H2,1-4H3. The van der Waals surface area contributed by atoms with Gasteiger partial charge in [-0.15, -0.1) is 0 Å². The number of rotatable bonds is 37. The van der Waals surface area contributed by atoms with Crippen molar-refractivity contribution in [1.29, 1.82) is 0 Å². The zero-order chi connectivity index (χ0) is 37.0. The quantitative estimate of drug-likeness (QED) is 0.0600. The van der Waals surface area contributed by atoms with E-state index in [9.17, 15) is 9.59 Å². The average Bonchev–Trinajstić information content (AvgIpc) is 3.14. The van der Waals surface area contributed by atoms with Crippen LogP contribution in [0.2, 0.25) is 0 Å². The van der Waals surface area contributed by atoms with Crippen LogP contribution in [0.1, 0.15) is 214 Å². The van der Waals surface area contributed by atoms with Gasteiger partial charge in [-0.1, -0.05) is 188 Å². The van der Waals surface area contributed by atoms with Crippen molar-refractivity contribution in [3.8, 4) is 0 Å². The summed E-state index contributed by atoms with van der Waals surface area (Å²) in [5.74, 6) is 0.535. The lowest BCUT2D eigenvalue weighted by Crippen LogP contribution is -2.54. The molecule has 1 rings (SSSR count). The number of nitrogens with zero attached hydrogens (tertiary/aromatic N) is 4. The SMILES string of the molecule is CCCCCCCCCCN(CCCCCCCCC)CC(=O)N1CCN(C(=O)CN(CCCCCCCCC)CCCCCCCCC)CC1. The van der Waals surface area contributed by atoms with E-state index in [-0.39, 0.29) is 11.8 Å². The Morgan fingerprint density at radius 2 is 0.529 bits per heavy atom. The minimum Gasteiger partial charge on any atom is -0.338 e. The van der Waals surface area contributed by atoms with Gasteiger partial charge < -0.3 is 9.80 Å². The third-order valence-corrected chi connectivity index (χ3v) is 11.3. The lowest BCUT2D eigenvalue weighted by molar-refractivity contribution is -0.140. The normalized spacial score (nSPS) is 13.6. The van der Waals surface area contributed by atoms with Crippen molar-refractivity contribution in [2.75, 3.05) is 65.4 Å².